The van der Waals surface area contributed by atoms with Crippen molar-refractivity contribution in [2.75, 3.05) is 20.3 Å². The fraction of sp³-hybridized carbons (Fsp3) is 0.115. The predicted molar refractivity (Wildman–Crippen MR) is 142 cm³/mol. The molecule has 0 unspecified atom stereocenters. The van der Waals surface area contributed by atoms with Crippen LogP contribution in [0, 0.1) is 0 Å². The van der Waals surface area contributed by atoms with E-state index in [4.69, 9.17) is 25.8 Å². The van der Waals surface area contributed by atoms with Crippen LogP contribution in [-0.2, 0) is 4.79 Å². The molecule has 10 heteroatoms. The summed E-state index contributed by atoms with van der Waals surface area (Å²) in [4.78, 5) is 39.2. The van der Waals surface area contributed by atoms with E-state index in [1.165, 1.54) is 7.11 Å². The molecular weight excluding hydrogens is 570 g/mol. The Kier molecular flexibility index (Phi) is 8.35. The van der Waals surface area contributed by atoms with Gasteiger partial charge in [0.15, 0.2) is 11.5 Å². The maximum atomic E-state index is 12.8. The highest BCUT2D eigenvalue weighted by Crippen LogP contribution is 2.35. The largest absolute Gasteiger partial charge is 0.493 e. The molecule has 1 aliphatic heterocycles. The first-order valence-corrected chi connectivity index (χ1v) is 12.6. The van der Waals surface area contributed by atoms with Crippen LogP contribution in [0.25, 0.3) is 6.08 Å². The number of thioether (sulfide) groups is 1. The molecule has 3 aromatic rings. The standard InChI is InChI=1S/C26H19BrClNO6S/c1-33-22-14-16(6-11-21(22)35-25(31)19-4-2-3-5-20(19)27)15-23-24(30)29(26(32)36-23)12-13-34-18-9-7-17(28)8-10-18/h2-11,14-15H,12-13H2,1H3/b23-15-. The number of ether oxygens (including phenoxy) is 3. The Balaban J connectivity index is 1.43. The number of methoxy groups -OCH3 is 1. The van der Waals surface area contributed by atoms with Gasteiger partial charge in [-0.1, -0.05) is 29.8 Å². The van der Waals surface area contributed by atoms with Crippen LogP contribution < -0.4 is 14.2 Å². The van der Waals surface area contributed by atoms with Crippen molar-refractivity contribution in [3.8, 4) is 17.2 Å². The summed E-state index contributed by atoms with van der Waals surface area (Å²) in [5.41, 5.74) is 0.979. The van der Waals surface area contributed by atoms with Crippen LogP contribution in [0.5, 0.6) is 17.2 Å². The summed E-state index contributed by atoms with van der Waals surface area (Å²) < 4.78 is 17.1. The Hall–Kier alpha value is -3.27. The Morgan fingerprint density at radius 3 is 2.53 bits per heavy atom. The SMILES string of the molecule is COc1cc(/C=C2\SC(=O)N(CCOc3ccc(Cl)cc3)C2=O)ccc1OC(=O)c1ccccc1Br. The van der Waals surface area contributed by atoms with Gasteiger partial charge in [-0.2, -0.15) is 0 Å². The molecule has 3 aromatic carbocycles. The molecule has 1 saturated heterocycles. The third-order valence-electron chi connectivity index (χ3n) is 5.05. The molecule has 0 aliphatic carbocycles. The van der Waals surface area contributed by atoms with Gasteiger partial charge in [-0.3, -0.25) is 14.5 Å². The van der Waals surface area contributed by atoms with Crippen LogP contribution in [0.3, 0.4) is 0 Å². The van der Waals surface area contributed by atoms with E-state index in [9.17, 15) is 14.4 Å². The van der Waals surface area contributed by atoms with Crippen molar-refractivity contribution >= 4 is 62.5 Å². The second kappa shape index (κ2) is 11.6. The molecule has 1 fully saturated rings. The Morgan fingerprint density at radius 2 is 1.81 bits per heavy atom. The molecule has 0 spiro atoms. The molecule has 0 N–H and O–H groups in total. The monoisotopic (exact) mass is 587 g/mol. The quantitative estimate of drug-likeness (QED) is 0.170. The number of imide groups is 1. The number of amides is 2. The van der Waals surface area contributed by atoms with E-state index in [1.807, 2.05) is 0 Å². The summed E-state index contributed by atoms with van der Waals surface area (Å²) in [5, 5.41) is 0.211. The van der Waals surface area contributed by atoms with E-state index in [1.54, 1.807) is 72.8 Å². The van der Waals surface area contributed by atoms with Crippen molar-refractivity contribution in [2.24, 2.45) is 0 Å². The number of rotatable bonds is 8. The molecule has 1 aliphatic rings. The van der Waals surface area contributed by atoms with Gasteiger partial charge in [0.2, 0.25) is 0 Å². The molecule has 0 aromatic heterocycles. The number of halogens is 2. The lowest BCUT2D eigenvalue weighted by Gasteiger charge is -2.13. The molecule has 0 atom stereocenters. The number of hydrogen-bond donors (Lipinski definition) is 0. The minimum absolute atomic E-state index is 0.109. The van der Waals surface area contributed by atoms with Crippen LogP contribution in [0.4, 0.5) is 4.79 Å². The normalized spacial score (nSPS) is 14.3. The van der Waals surface area contributed by atoms with E-state index in [0.29, 0.717) is 32.1 Å². The molecule has 36 heavy (non-hydrogen) atoms. The van der Waals surface area contributed by atoms with E-state index >= 15 is 0 Å². The zero-order valence-electron chi connectivity index (χ0n) is 18.9. The van der Waals surface area contributed by atoms with E-state index < -0.39 is 11.9 Å². The molecule has 7 nitrogen and oxygen atoms in total. The van der Waals surface area contributed by atoms with E-state index in [2.05, 4.69) is 15.9 Å². The third kappa shape index (κ3) is 6.10. The molecule has 0 radical (unpaired) electrons. The minimum atomic E-state index is -0.546. The van der Waals surface area contributed by atoms with Crippen molar-refractivity contribution in [3.05, 3.63) is 92.3 Å². The summed E-state index contributed by atoms with van der Waals surface area (Å²) >= 11 is 10.0. The molecule has 184 valence electrons. The highest BCUT2D eigenvalue weighted by atomic mass is 79.9. The third-order valence-corrected chi connectivity index (χ3v) is 6.90. The first kappa shape index (κ1) is 25.8. The summed E-state index contributed by atoms with van der Waals surface area (Å²) in [6.45, 7) is 0.260. The number of carbonyl (C=O) groups excluding carboxylic acids is 3. The average Bonchev–Trinajstić information content (AvgIpc) is 3.13. The zero-order valence-corrected chi connectivity index (χ0v) is 22.1. The lowest BCUT2D eigenvalue weighted by molar-refractivity contribution is -0.123. The number of nitrogens with zero attached hydrogens (tertiary/aromatic N) is 1. The average molecular weight is 589 g/mol. The van der Waals surface area contributed by atoms with E-state index in [0.717, 1.165) is 16.7 Å². The summed E-state index contributed by atoms with van der Waals surface area (Å²) in [5.74, 6) is 0.167. The summed E-state index contributed by atoms with van der Waals surface area (Å²) in [6, 6.07) is 18.6. The lowest BCUT2D eigenvalue weighted by Crippen LogP contribution is -2.32. The summed E-state index contributed by atoms with van der Waals surface area (Å²) in [7, 11) is 1.45. The number of carbonyl (C=O) groups is 3. The topological polar surface area (TPSA) is 82.1 Å². The van der Waals surface area contributed by atoms with Gasteiger partial charge in [0, 0.05) is 9.50 Å². The molecule has 2 amide bonds. The van der Waals surface area contributed by atoms with Crippen LogP contribution >= 0.6 is 39.3 Å². The van der Waals surface area contributed by atoms with Crippen LogP contribution in [0.2, 0.25) is 5.02 Å². The van der Waals surface area contributed by atoms with Gasteiger partial charge in [-0.25, -0.2) is 4.79 Å². The van der Waals surface area contributed by atoms with Crippen LogP contribution in [-0.4, -0.2) is 42.3 Å². The van der Waals surface area contributed by atoms with Gasteiger partial charge in [0.25, 0.3) is 11.1 Å². The molecule has 1 heterocycles. The Labute approximate surface area is 225 Å². The number of benzene rings is 3. The van der Waals surface area contributed by atoms with Gasteiger partial charge < -0.3 is 14.2 Å². The van der Waals surface area contributed by atoms with Crippen LogP contribution in [0.1, 0.15) is 15.9 Å². The van der Waals surface area contributed by atoms with Gasteiger partial charge in [-0.05, 0) is 87.9 Å². The van der Waals surface area contributed by atoms with Crippen molar-refractivity contribution in [1.29, 1.82) is 0 Å². The Morgan fingerprint density at radius 1 is 1.06 bits per heavy atom. The predicted octanol–water partition coefficient (Wildman–Crippen LogP) is 6.45. The highest BCUT2D eigenvalue weighted by molar-refractivity contribution is 9.10. The first-order valence-electron chi connectivity index (χ1n) is 10.6. The van der Waals surface area contributed by atoms with Gasteiger partial charge >= 0.3 is 5.97 Å². The molecular formula is C26H19BrClNO6S. The number of esters is 1. The highest BCUT2D eigenvalue weighted by Gasteiger charge is 2.34. The maximum Gasteiger partial charge on any atom is 0.344 e. The smallest absolute Gasteiger partial charge is 0.344 e. The molecule has 0 saturated carbocycles. The summed E-state index contributed by atoms with van der Waals surface area (Å²) in [6.07, 6.45) is 1.59. The molecule has 4 rings (SSSR count). The van der Waals surface area contributed by atoms with Gasteiger partial charge in [-0.15, -0.1) is 0 Å². The fourth-order valence-electron chi connectivity index (χ4n) is 3.27. The van der Waals surface area contributed by atoms with Crippen molar-refractivity contribution in [3.63, 3.8) is 0 Å². The van der Waals surface area contributed by atoms with E-state index in [-0.39, 0.29) is 29.0 Å². The van der Waals surface area contributed by atoms with Crippen molar-refractivity contribution in [2.45, 2.75) is 0 Å². The second-order valence-electron chi connectivity index (χ2n) is 7.42. The van der Waals surface area contributed by atoms with Crippen LogP contribution in [0.15, 0.2) is 76.1 Å². The Bertz CT molecular complexity index is 1340. The van der Waals surface area contributed by atoms with Gasteiger partial charge in [0.05, 0.1) is 24.1 Å². The zero-order chi connectivity index (χ0) is 25.7. The molecule has 0 bridgehead atoms. The lowest BCUT2D eigenvalue weighted by atomic mass is 10.1. The fourth-order valence-corrected chi connectivity index (χ4v) is 4.71. The first-order chi connectivity index (χ1) is 17.4. The van der Waals surface area contributed by atoms with Crippen molar-refractivity contribution < 1.29 is 28.6 Å². The maximum absolute atomic E-state index is 12.8. The van der Waals surface area contributed by atoms with Crippen molar-refractivity contribution in [1.82, 2.24) is 4.90 Å². The number of hydrogen-bond acceptors (Lipinski definition) is 7. The van der Waals surface area contributed by atoms with Gasteiger partial charge in [0.1, 0.15) is 12.4 Å². The minimum Gasteiger partial charge on any atom is -0.493 e. The second-order valence-corrected chi connectivity index (χ2v) is 9.70.